The van der Waals surface area contributed by atoms with E-state index in [4.69, 9.17) is 15.2 Å². The molecule has 12 heteroatoms. The summed E-state index contributed by atoms with van der Waals surface area (Å²) >= 11 is 0. The van der Waals surface area contributed by atoms with E-state index in [1.165, 1.54) is 30.2 Å². The van der Waals surface area contributed by atoms with E-state index in [1.807, 2.05) is 13.1 Å². The summed E-state index contributed by atoms with van der Waals surface area (Å²) in [4.78, 5) is 0. The van der Waals surface area contributed by atoms with Crippen LogP contribution in [0.15, 0.2) is 30.3 Å². The molecule has 208 valence electrons. The van der Waals surface area contributed by atoms with Crippen molar-refractivity contribution in [1.29, 1.82) is 0 Å². The first-order valence-corrected chi connectivity index (χ1v) is 13.2. The van der Waals surface area contributed by atoms with E-state index in [0.29, 0.717) is 0 Å². The minimum Gasteiger partial charge on any atom is -0.493 e. The minimum absolute atomic E-state index is 0. The normalized spacial score (nSPS) is 23.2. The Morgan fingerprint density at radius 1 is 1.16 bits per heavy atom. The summed E-state index contributed by atoms with van der Waals surface area (Å²) in [6.45, 7) is 6.54. The Morgan fingerprint density at radius 2 is 1.76 bits per heavy atom. The maximum absolute atomic E-state index is 13.8. The largest absolute Gasteiger partial charge is 0.493 e. The maximum atomic E-state index is 13.8. The zero-order chi connectivity index (χ0) is 27.4. The van der Waals surface area contributed by atoms with Crippen LogP contribution in [-0.4, -0.2) is 49.7 Å². The first kappa shape index (κ1) is 33.6. The summed E-state index contributed by atoms with van der Waals surface area (Å²) in [6.07, 6.45) is -4.09. The van der Waals surface area contributed by atoms with Crippen molar-refractivity contribution in [3.05, 3.63) is 47.5 Å². The number of methoxy groups -OCH3 is 1. The molecule has 4 N–H and O–H groups in total. The Morgan fingerprint density at radius 3 is 2.22 bits per heavy atom. The predicted octanol–water partition coefficient (Wildman–Crippen LogP) is 5.82. The fraction of sp³-hybridized carbons (Fsp3) is 0.520. The third kappa shape index (κ3) is 6.95. The van der Waals surface area contributed by atoms with Crippen LogP contribution in [0.3, 0.4) is 0 Å². The molecule has 3 rings (SSSR count). The molecule has 0 amide bonds. The molecule has 1 aliphatic rings. The number of alkyl halides is 3. The number of rotatable bonds is 6. The third-order valence-corrected chi connectivity index (χ3v) is 9.26. The molecule has 0 radical (unpaired) electrons. The van der Waals surface area contributed by atoms with Gasteiger partial charge in [-0.1, -0.05) is 34.8 Å². The monoisotopic (exact) mass is 720 g/mol. The molecule has 0 aromatic heterocycles. The molecule has 1 saturated heterocycles. The Labute approximate surface area is 230 Å². The SMILES string of the molecule is CCP(CC)c1cc(N)ccc1NC.COc1c(C2C(C)[C@](C)(C(F)(F)F)O[C@H]2O)ccc(F)c1F.[W]. The van der Waals surface area contributed by atoms with E-state index < -0.39 is 47.3 Å². The molecule has 0 spiro atoms. The van der Waals surface area contributed by atoms with E-state index in [2.05, 4.69) is 31.3 Å². The number of aliphatic hydroxyl groups is 1. The van der Waals surface area contributed by atoms with Crippen molar-refractivity contribution in [2.24, 2.45) is 5.92 Å². The van der Waals surface area contributed by atoms with Crippen molar-refractivity contribution in [1.82, 2.24) is 0 Å². The molecule has 1 fully saturated rings. The quantitative estimate of drug-likeness (QED) is 0.200. The standard InChI is InChI=1S/C14H15F5O3.C11H19N2P.W/c1-6-9(12(20)22-13(6,2)14(17,18)19)7-4-5-8(15)10(16)11(7)21-3;1-4-14(5-2)11-8-9(12)6-7-10(11)13-3;/h4-6,9,12,20H,1-3H3;6-8,13H,4-5,12H2,1-3H3;/t6?,9?,12-,13-;;/m1../s1. The van der Waals surface area contributed by atoms with Gasteiger partial charge in [-0.3, -0.25) is 0 Å². The molecular weight excluding hydrogens is 686 g/mol. The molecule has 2 aromatic rings. The molecule has 1 heterocycles. The summed E-state index contributed by atoms with van der Waals surface area (Å²) in [5.41, 5.74) is 5.23. The van der Waals surface area contributed by atoms with Crippen LogP contribution in [0.2, 0.25) is 0 Å². The van der Waals surface area contributed by atoms with Crippen molar-refractivity contribution >= 4 is 24.6 Å². The van der Waals surface area contributed by atoms with Crippen molar-refractivity contribution in [2.75, 3.05) is 37.5 Å². The van der Waals surface area contributed by atoms with Gasteiger partial charge in [-0.25, -0.2) is 4.39 Å². The number of aliphatic hydroxyl groups excluding tert-OH is 1. The van der Waals surface area contributed by atoms with Gasteiger partial charge in [0.1, 0.15) is 0 Å². The van der Waals surface area contributed by atoms with E-state index in [9.17, 15) is 27.1 Å². The zero-order valence-electron chi connectivity index (χ0n) is 21.6. The molecule has 0 saturated carbocycles. The van der Waals surface area contributed by atoms with Crippen LogP contribution in [-0.2, 0) is 25.8 Å². The summed E-state index contributed by atoms with van der Waals surface area (Å²) in [5.74, 6) is -5.50. The Balaban J connectivity index is 0.000000396. The van der Waals surface area contributed by atoms with Gasteiger partial charge in [0.25, 0.3) is 0 Å². The van der Waals surface area contributed by atoms with Gasteiger partial charge in [0, 0.05) is 62.2 Å². The van der Waals surface area contributed by atoms with Gasteiger partial charge in [-0.05, 0) is 43.5 Å². The fourth-order valence-corrected chi connectivity index (χ4v) is 6.36. The second kappa shape index (κ2) is 13.5. The number of nitrogens with one attached hydrogen (secondary N) is 1. The number of anilines is 2. The molecule has 5 nitrogen and oxygen atoms in total. The average Bonchev–Trinajstić information content (AvgIpc) is 3.06. The molecule has 1 aliphatic heterocycles. The van der Waals surface area contributed by atoms with Crippen LogP contribution in [0.5, 0.6) is 5.75 Å². The molecular formula is C25H34F5N2O3PW. The molecule has 0 aliphatic carbocycles. The molecule has 2 aromatic carbocycles. The second-order valence-corrected chi connectivity index (χ2v) is 11.4. The van der Waals surface area contributed by atoms with E-state index in [-0.39, 0.29) is 34.6 Å². The first-order chi connectivity index (χ1) is 16.8. The summed E-state index contributed by atoms with van der Waals surface area (Å²) in [7, 11) is 3.00. The second-order valence-electron chi connectivity index (χ2n) is 8.61. The van der Waals surface area contributed by atoms with Gasteiger partial charge >= 0.3 is 6.18 Å². The fourth-order valence-electron chi connectivity index (χ4n) is 4.37. The van der Waals surface area contributed by atoms with Gasteiger partial charge in [0.2, 0.25) is 5.82 Å². The minimum atomic E-state index is -4.73. The van der Waals surface area contributed by atoms with Gasteiger partial charge in [0.15, 0.2) is 23.5 Å². The van der Waals surface area contributed by atoms with Crippen LogP contribution in [0.4, 0.5) is 33.3 Å². The van der Waals surface area contributed by atoms with E-state index >= 15 is 0 Å². The molecule has 37 heavy (non-hydrogen) atoms. The predicted molar refractivity (Wildman–Crippen MR) is 134 cm³/mol. The molecule has 0 bridgehead atoms. The average molecular weight is 720 g/mol. The van der Waals surface area contributed by atoms with Crippen LogP contribution < -0.4 is 21.1 Å². The summed E-state index contributed by atoms with van der Waals surface area (Å²) in [6, 6.07) is 8.01. The van der Waals surface area contributed by atoms with Gasteiger partial charge < -0.3 is 25.6 Å². The van der Waals surface area contributed by atoms with Gasteiger partial charge in [-0.2, -0.15) is 17.6 Å². The first-order valence-electron chi connectivity index (χ1n) is 11.5. The van der Waals surface area contributed by atoms with Crippen molar-refractivity contribution < 1.29 is 57.6 Å². The molecule has 4 atom stereocenters. The van der Waals surface area contributed by atoms with E-state index in [0.717, 1.165) is 31.9 Å². The Hall–Kier alpha value is -1.47. The van der Waals surface area contributed by atoms with Crippen LogP contribution in [0.1, 0.15) is 39.2 Å². The maximum Gasteiger partial charge on any atom is 0.417 e. The smallest absolute Gasteiger partial charge is 0.417 e. The zero-order valence-corrected chi connectivity index (χ0v) is 25.4. The summed E-state index contributed by atoms with van der Waals surface area (Å²) < 4.78 is 76.0. The number of nitrogen functional groups attached to an aromatic ring is 1. The topological polar surface area (TPSA) is 76.7 Å². The Bertz CT molecular complexity index is 1040. The number of ether oxygens (including phenoxy) is 2. The number of hydrogen-bond donors (Lipinski definition) is 3. The van der Waals surface area contributed by atoms with Gasteiger partial charge in [-0.15, -0.1) is 0 Å². The van der Waals surface area contributed by atoms with Gasteiger partial charge in [0.05, 0.1) is 7.11 Å². The number of nitrogens with two attached hydrogens (primary N) is 1. The van der Waals surface area contributed by atoms with Crippen molar-refractivity contribution in [3.8, 4) is 5.75 Å². The van der Waals surface area contributed by atoms with E-state index in [1.54, 1.807) is 0 Å². The Kier molecular flexibility index (Phi) is 12.3. The number of halogens is 5. The van der Waals surface area contributed by atoms with Crippen LogP contribution in [0, 0.1) is 17.6 Å². The number of hydrogen-bond acceptors (Lipinski definition) is 5. The van der Waals surface area contributed by atoms with Crippen LogP contribution >= 0.6 is 7.92 Å². The molecule has 2 unspecified atom stereocenters. The van der Waals surface area contributed by atoms with Crippen molar-refractivity contribution in [3.63, 3.8) is 0 Å². The summed E-state index contributed by atoms with van der Waals surface area (Å²) in [5, 5.41) is 14.5. The third-order valence-electron chi connectivity index (χ3n) is 6.68. The number of benzene rings is 2. The van der Waals surface area contributed by atoms with Crippen LogP contribution in [0.25, 0.3) is 0 Å². The van der Waals surface area contributed by atoms with Crippen molar-refractivity contribution in [2.45, 2.75) is 51.7 Å².